The standard InChI is InChI=1S/C5H8BrNO/c6-3-4-1-2-5(8)7-4/h4H,1-3H2,(H,7,8)/t4-/m1/s1. The van der Waals surface area contributed by atoms with Crippen LogP contribution in [0.2, 0.25) is 0 Å². The molecule has 1 amide bonds. The molecule has 0 aliphatic carbocycles. The van der Waals surface area contributed by atoms with E-state index in [9.17, 15) is 4.79 Å². The lowest BCUT2D eigenvalue weighted by molar-refractivity contribution is -0.119. The number of halogens is 1. The van der Waals surface area contributed by atoms with Crippen molar-refractivity contribution in [1.82, 2.24) is 5.32 Å². The van der Waals surface area contributed by atoms with Gasteiger partial charge in [0.2, 0.25) is 5.91 Å². The van der Waals surface area contributed by atoms with E-state index >= 15 is 0 Å². The van der Waals surface area contributed by atoms with Gasteiger partial charge in [-0.25, -0.2) is 0 Å². The zero-order valence-corrected chi connectivity index (χ0v) is 6.07. The number of alkyl halides is 1. The highest BCUT2D eigenvalue weighted by atomic mass is 79.9. The van der Waals surface area contributed by atoms with Gasteiger partial charge in [-0.2, -0.15) is 0 Å². The first-order valence-electron chi connectivity index (χ1n) is 2.68. The Morgan fingerprint density at radius 3 is 2.88 bits per heavy atom. The zero-order valence-electron chi connectivity index (χ0n) is 4.48. The van der Waals surface area contributed by atoms with Crippen LogP contribution in [-0.4, -0.2) is 17.3 Å². The molecule has 1 atom stereocenters. The van der Waals surface area contributed by atoms with Crippen molar-refractivity contribution in [2.45, 2.75) is 18.9 Å². The van der Waals surface area contributed by atoms with Crippen LogP contribution in [0.4, 0.5) is 0 Å². The summed E-state index contributed by atoms with van der Waals surface area (Å²) in [5.41, 5.74) is 0. The van der Waals surface area contributed by atoms with Crippen molar-refractivity contribution in [2.24, 2.45) is 0 Å². The molecule has 0 aromatic rings. The molecule has 3 heteroatoms. The van der Waals surface area contributed by atoms with E-state index in [4.69, 9.17) is 0 Å². The minimum Gasteiger partial charge on any atom is -0.353 e. The number of hydrogen-bond donors (Lipinski definition) is 1. The van der Waals surface area contributed by atoms with Crippen LogP contribution in [0, 0.1) is 0 Å². The third-order valence-electron chi connectivity index (χ3n) is 1.27. The Hall–Kier alpha value is -0.0500. The Labute approximate surface area is 56.8 Å². The van der Waals surface area contributed by atoms with Crippen LogP contribution < -0.4 is 5.32 Å². The van der Waals surface area contributed by atoms with Gasteiger partial charge in [-0.15, -0.1) is 0 Å². The average Bonchev–Trinajstić information content (AvgIpc) is 2.14. The second kappa shape index (κ2) is 2.49. The van der Waals surface area contributed by atoms with Crippen LogP contribution in [0.1, 0.15) is 12.8 Å². The Balaban J connectivity index is 2.32. The second-order valence-electron chi connectivity index (χ2n) is 1.96. The maximum absolute atomic E-state index is 10.5. The lowest BCUT2D eigenvalue weighted by atomic mass is 10.3. The highest BCUT2D eigenvalue weighted by molar-refractivity contribution is 9.09. The van der Waals surface area contributed by atoms with E-state index in [0.717, 1.165) is 11.8 Å². The molecule has 0 bridgehead atoms. The molecule has 1 heterocycles. The zero-order chi connectivity index (χ0) is 5.98. The van der Waals surface area contributed by atoms with Gasteiger partial charge in [-0.3, -0.25) is 4.79 Å². The summed E-state index contributed by atoms with van der Waals surface area (Å²) in [7, 11) is 0. The number of carbonyl (C=O) groups is 1. The van der Waals surface area contributed by atoms with Gasteiger partial charge in [0.25, 0.3) is 0 Å². The maximum atomic E-state index is 10.5. The molecule has 8 heavy (non-hydrogen) atoms. The first kappa shape index (κ1) is 6.08. The molecule has 46 valence electrons. The van der Waals surface area contributed by atoms with E-state index in [1.807, 2.05) is 0 Å². The van der Waals surface area contributed by atoms with Crippen molar-refractivity contribution in [3.8, 4) is 0 Å². The monoisotopic (exact) mass is 177 g/mol. The number of carbonyl (C=O) groups excluding carboxylic acids is 1. The fourth-order valence-electron chi connectivity index (χ4n) is 0.793. The van der Waals surface area contributed by atoms with Gasteiger partial charge in [0.15, 0.2) is 0 Å². The molecule has 1 rings (SSSR count). The third-order valence-corrected chi connectivity index (χ3v) is 2.05. The van der Waals surface area contributed by atoms with Crippen LogP contribution in [0.5, 0.6) is 0 Å². The summed E-state index contributed by atoms with van der Waals surface area (Å²) in [5.74, 6) is 0.189. The van der Waals surface area contributed by atoms with E-state index in [0.29, 0.717) is 12.5 Å². The smallest absolute Gasteiger partial charge is 0.220 e. The molecule has 0 aromatic carbocycles. The Morgan fingerprint density at radius 1 is 1.88 bits per heavy atom. The molecule has 0 aromatic heterocycles. The molecule has 1 fully saturated rings. The normalized spacial score (nSPS) is 28.1. The lowest BCUT2D eigenvalue weighted by Gasteiger charge is -2.01. The molecule has 0 spiro atoms. The minimum atomic E-state index is 0.189. The number of nitrogens with one attached hydrogen (secondary N) is 1. The molecule has 1 aliphatic rings. The van der Waals surface area contributed by atoms with Crippen LogP contribution in [0.15, 0.2) is 0 Å². The highest BCUT2D eigenvalue weighted by Crippen LogP contribution is 2.07. The third kappa shape index (κ3) is 1.22. The van der Waals surface area contributed by atoms with E-state index in [1.54, 1.807) is 0 Å². The largest absolute Gasteiger partial charge is 0.353 e. The van der Waals surface area contributed by atoms with Gasteiger partial charge in [-0.1, -0.05) is 15.9 Å². The maximum Gasteiger partial charge on any atom is 0.220 e. The van der Waals surface area contributed by atoms with Crippen molar-refractivity contribution in [3.05, 3.63) is 0 Å². The molecular formula is C5H8BrNO. The van der Waals surface area contributed by atoms with Crippen molar-refractivity contribution in [3.63, 3.8) is 0 Å². The van der Waals surface area contributed by atoms with Crippen LogP contribution in [0.3, 0.4) is 0 Å². The van der Waals surface area contributed by atoms with Gasteiger partial charge in [-0.05, 0) is 6.42 Å². The molecule has 0 saturated carbocycles. The number of hydrogen-bond acceptors (Lipinski definition) is 1. The molecule has 1 saturated heterocycles. The van der Waals surface area contributed by atoms with Crippen LogP contribution in [0.25, 0.3) is 0 Å². The predicted octanol–water partition coefficient (Wildman–Crippen LogP) is 0.660. The number of rotatable bonds is 1. The summed E-state index contributed by atoms with van der Waals surface area (Å²) >= 11 is 3.29. The van der Waals surface area contributed by atoms with Gasteiger partial charge >= 0.3 is 0 Å². The summed E-state index contributed by atoms with van der Waals surface area (Å²) in [4.78, 5) is 10.5. The fourth-order valence-corrected chi connectivity index (χ4v) is 1.28. The first-order valence-corrected chi connectivity index (χ1v) is 3.80. The summed E-state index contributed by atoms with van der Waals surface area (Å²) in [6.07, 6.45) is 1.69. The molecular weight excluding hydrogens is 170 g/mol. The van der Waals surface area contributed by atoms with Crippen molar-refractivity contribution >= 4 is 21.8 Å². The number of amides is 1. The van der Waals surface area contributed by atoms with E-state index in [1.165, 1.54) is 0 Å². The van der Waals surface area contributed by atoms with Crippen molar-refractivity contribution < 1.29 is 4.79 Å². The topological polar surface area (TPSA) is 29.1 Å². The minimum absolute atomic E-state index is 0.189. The SMILES string of the molecule is O=C1CC[C@H](CBr)N1. The van der Waals surface area contributed by atoms with Gasteiger partial charge < -0.3 is 5.32 Å². The molecule has 1 N–H and O–H groups in total. The first-order chi connectivity index (χ1) is 3.83. The molecule has 2 nitrogen and oxygen atoms in total. The Bertz CT molecular complexity index is 105. The quantitative estimate of drug-likeness (QED) is 0.587. The summed E-state index contributed by atoms with van der Waals surface area (Å²) in [5, 5.41) is 3.71. The summed E-state index contributed by atoms with van der Waals surface area (Å²) < 4.78 is 0. The summed E-state index contributed by atoms with van der Waals surface area (Å²) in [6, 6.07) is 0.391. The summed E-state index contributed by atoms with van der Waals surface area (Å²) in [6.45, 7) is 0. The highest BCUT2D eigenvalue weighted by Gasteiger charge is 2.18. The predicted molar refractivity (Wildman–Crippen MR) is 35.0 cm³/mol. The molecule has 0 unspecified atom stereocenters. The molecule has 0 radical (unpaired) electrons. The van der Waals surface area contributed by atoms with E-state index in [2.05, 4.69) is 21.2 Å². The van der Waals surface area contributed by atoms with Crippen molar-refractivity contribution in [2.75, 3.05) is 5.33 Å². The van der Waals surface area contributed by atoms with Crippen LogP contribution >= 0.6 is 15.9 Å². The molecule has 1 aliphatic heterocycles. The van der Waals surface area contributed by atoms with Gasteiger partial charge in [0.1, 0.15) is 0 Å². The van der Waals surface area contributed by atoms with E-state index < -0.39 is 0 Å². The van der Waals surface area contributed by atoms with Gasteiger partial charge in [0, 0.05) is 17.8 Å². The Kier molecular flexibility index (Phi) is 1.89. The average molecular weight is 178 g/mol. The Morgan fingerprint density at radius 2 is 2.62 bits per heavy atom. The second-order valence-corrected chi connectivity index (χ2v) is 2.60. The van der Waals surface area contributed by atoms with Crippen molar-refractivity contribution in [1.29, 1.82) is 0 Å². The van der Waals surface area contributed by atoms with Crippen LogP contribution in [-0.2, 0) is 4.79 Å². The van der Waals surface area contributed by atoms with Gasteiger partial charge in [0.05, 0.1) is 0 Å². The lowest BCUT2D eigenvalue weighted by Crippen LogP contribution is -2.26. The van der Waals surface area contributed by atoms with E-state index in [-0.39, 0.29) is 5.91 Å². The fraction of sp³-hybridized carbons (Fsp3) is 0.800.